The van der Waals surface area contributed by atoms with Crippen molar-refractivity contribution >= 4 is 17.9 Å². The van der Waals surface area contributed by atoms with E-state index in [9.17, 15) is 14.4 Å². The van der Waals surface area contributed by atoms with Crippen LogP contribution in [-0.2, 0) is 9.59 Å². The third-order valence-electron chi connectivity index (χ3n) is 1.71. The van der Waals surface area contributed by atoms with Gasteiger partial charge in [-0.2, -0.15) is 0 Å². The molecule has 0 aromatic rings. The molecule has 0 spiro atoms. The number of imide groups is 1. The Morgan fingerprint density at radius 3 is 2.38 bits per heavy atom. The van der Waals surface area contributed by atoms with E-state index in [2.05, 4.69) is 6.58 Å². The molecule has 0 aliphatic carbocycles. The highest BCUT2D eigenvalue weighted by Gasteiger charge is 2.38. The van der Waals surface area contributed by atoms with Crippen LogP contribution in [0.2, 0.25) is 0 Å². The van der Waals surface area contributed by atoms with Gasteiger partial charge in [0.1, 0.15) is 12.2 Å². The van der Waals surface area contributed by atoms with E-state index in [1.807, 2.05) is 0 Å². The summed E-state index contributed by atoms with van der Waals surface area (Å²) in [6.07, 6.45) is 0. The van der Waals surface area contributed by atoms with Crippen molar-refractivity contribution in [3.05, 3.63) is 12.3 Å². The highest BCUT2D eigenvalue weighted by molar-refractivity contribution is 6.12. The van der Waals surface area contributed by atoms with Crippen LogP contribution in [0, 0.1) is 0 Å². The summed E-state index contributed by atoms with van der Waals surface area (Å²) < 4.78 is 0. The Kier molecular flexibility index (Phi) is 2.05. The van der Waals surface area contributed by atoms with Crippen LogP contribution in [0.5, 0.6) is 0 Å². The standard InChI is InChI=1S/C7H8N2O4/c1-4-6(12)9(3-5(10)11)7(13)8(4)2/h1,3H2,2H3,(H,10,11). The number of urea groups is 1. The minimum Gasteiger partial charge on any atom is -0.480 e. The molecule has 13 heavy (non-hydrogen) atoms. The molecule has 0 bridgehead atoms. The molecular weight excluding hydrogens is 176 g/mol. The highest BCUT2D eigenvalue weighted by atomic mass is 16.4. The van der Waals surface area contributed by atoms with Gasteiger partial charge in [-0.15, -0.1) is 0 Å². The van der Waals surface area contributed by atoms with Crippen molar-refractivity contribution in [1.29, 1.82) is 0 Å². The van der Waals surface area contributed by atoms with E-state index >= 15 is 0 Å². The normalized spacial score (nSPS) is 17.2. The molecule has 1 N–H and O–H groups in total. The largest absolute Gasteiger partial charge is 0.480 e. The minimum atomic E-state index is -1.23. The van der Waals surface area contributed by atoms with Gasteiger partial charge in [-0.1, -0.05) is 6.58 Å². The number of carboxylic acid groups (broad SMARTS) is 1. The summed E-state index contributed by atoms with van der Waals surface area (Å²) in [5.41, 5.74) is -0.00810. The Labute approximate surface area is 74.0 Å². The SMILES string of the molecule is C=C1C(=O)N(CC(=O)O)C(=O)N1C. The number of carbonyl (C=O) groups excluding carboxylic acids is 2. The Balaban J connectivity index is 2.88. The quantitative estimate of drug-likeness (QED) is 0.462. The average molecular weight is 184 g/mol. The molecule has 1 saturated heterocycles. The van der Waals surface area contributed by atoms with Crippen molar-refractivity contribution in [3.63, 3.8) is 0 Å². The van der Waals surface area contributed by atoms with E-state index in [1.165, 1.54) is 7.05 Å². The summed E-state index contributed by atoms with van der Waals surface area (Å²) in [5.74, 6) is -1.89. The molecule has 0 aromatic heterocycles. The van der Waals surface area contributed by atoms with Crippen LogP contribution in [0.1, 0.15) is 0 Å². The van der Waals surface area contributed by atoms with Gasteiger partial charge in [0.25, 0.3) is 5.91 Å². The molecule has 3 amide bonds. The van der Waals surface area contributed by atoms with Gasteiger partial charge in [0.15, 0.2) is 0 Å². The summed E-state index contributed by atoms with van der Waals surface area (Å²) in [7, 11) is 1.37. The van der Waals surface area contributed by atoms with Crippen LogP contribution >= 0.6 is 0 Å². The predicted molar refractivity (Wildman–Crippen MR) is 41.6 cm³/mol. The fraction of sp³-hybridized carbons (Fsp3) is 0.286. The number of aliphatic carboxylic acids is 1. The number of nitrogens with zero attached hydrogens (tertiary/aromatic N) is 2. The molecular formula is C7H8N2O4. The van der Waals surface area contributed by atoms with E-state index in [4.69, 9.17) is 5.11 Å². The molecule has 6 nitrogen and oxygen atoms in total. The van der Waals surface area contributed by atoms with Gasteiger partial charge in [-0.3, -0.25) is 14.5 Å². The van der Waals surface area contributed by atoms with E-state index in [0.717, 1.165) is 4.90 Å². The summed E-state index contributed by atoms with van der Waals surface area (Å²) in [6, 6.07) is -0.655. The van der Waals surface area contributed by atoms with Crippen LogP contribution < -0.4 is 0 Å². The molecule has 6 heteroatoms. The summed E-state index contributed by atoms with van der Waals surface area (Å²) in [4.78, 5) is 34.2. The average Bonchev–Trinajstić information content (AvgIpc) is 2.22. The van der Waals surface area contributed by atoms with Crippen molar-refractivity contribution in [1.82, 2.24) is 9.80 Å². The Morgan fingerprint density at radius 1 is 1.54 bits per heavy atom. The maximum atomic E-state index is 11.2. The zero-order chi connectivity index (χ0) is 10.2. The molecule has 0 saturated carbocycles. The predicted octanol–water partition coefficient (Wildman–Crippen LogP) is -0.521. The first kappa shape index (κ1) is 9.24. The number of likely N-dealkylation sites (N-methyl/N-ethyl adjacent to an activating group) is 1. The Hall–Kier alpha value is -1.85. The van der Waals surface area contributed by atoms with E-state index in [0.29, 0.717) is 4.90 Å². The van der Waals surface area contributed by atoms with Crippen molar-refractivity contribution < 1.29 is 19.5 Å². The fourth-order valence-electron chi connectivity index (χ4n) is 0.957. The van der Waals surface area contributed by atoms with E-state index in [1.54, 1.807) is 0 Å². The molecule has 0 aromatic carbocycles. The number of amides is 3. The molecule has 0 unspecified atom stereocenters. The Morgan fingerprint density at radius 2 is 2.08 bits per heavy atom. The molecule has 1 fully saturated rings. The van der Waals surface area contributed by atoms with Crippen LogP contribution in [0.25, 0.3) is 0 Å². The first-order valence-corrected chi connectivity index (χ1v) is 3.45. The monoisotopic (exact) mass is 184 g/mol. The van der Waals surface area contributed by atoms with Crippen LogP contribution in [-0.4, -0.2) is 46.4 Å². The van der Waals surface area contributed by atoms with Gasteiger partial charge >= 0.3 is 12.0 Å². The van der Waals surface area contributed by atoms with Crippen LogP contribution in [0.15, 0.2) is 12.3 Å². The van der Waals surface area contributed by atoms with Gasteiger partial charge in [0, 0.05) is 7.05 Å². The van der Waals surface area contributed by atoms with Crippen molar-refractivity contribution in [2.24, 2.45) is 0 Å². The second kappa shape index (κ2) is 2.89. The molecule has 0 atom stereocenters. The summed E-state index contributed by atoms with van der Waals surface area (Å²) in [6.45, 7) is 2.72. The van der Waals surface area contributed by atoms with Crippen molar-refractivity contribution in [3.8, 4) is 0 Å². The lowest BCUT2D eigenvalue weighted by Crippen LogP contribution is -2.35. The second-order valence-electron chi connectivity index (χ2n) is 2.57. The number of carbonyl (C=O) groups is 3. The molecule has 70 valence electrons. The number of rotatable bonds is 2. The number of hydrogen-bond acceptors (Lipinski definition) is 3. The fourth-order valence-corrected chi connectivity index (χ4v) is 0.957. The van der Waals surface area contributed by atoms with Gasteiger partial charge in [-0.05, 0) is 0 Å². The lowest BCUT2D eigenvalue weighted by atomic mass is 10.4. The van der Waals surface area contributed by atoms with Gasteiger partial charge in [-0.25, -0.2) is 9.69 Å². The molecule has 1 aliphatic rings. The molecule has 1 aliphatic heterocycles. The van der Waals surface area contributed by atoms with Crippen molar-refractivity contribution in [2.75, 3.05) is 13.6 Å². The van der Waals surface area contributed by atoms with E-state index in [-0.39, 0.29) is 5.70 Å². The summed E-state index contributed by atoms with van der Waals surface area (Å²) in [5, 5.41) is 8.39. The van der Waals surface area contributed by atoms with Gasteiger partial charge < -0.3 is 5.11 Å². The number of hydrogen-bond donors (Lipinski definition) is 1. The molecule has 1 rings (SSSR count). The number of carboxylic acids is 1. The zero-order valence-electron chi connectivity index (χ0n) is 6.98. The third-order valence-corrected chi connectivity index (χ3v) is 1.71. The maximum Gasteiger partial charge on any atom is 0.331 e. The molecule has 0 radical (unpaired) electrons. The van der Waals surface area contributed by atoms with Gasteiger partial charge in [0.05, 0.1) is 0 Å². The second-order valence-corrected chi connectivity index (χ2v) is 2.57. The first-order valence-electron chi connectivity index (χ1n) is 3.45. The lowest BCUT2D eigenvalue weighted by Gasteiger charge is -2.09. The Bertz CT molecular complexity index is 310. The minimum absolute atomic E-state index is 0.00810. The third kappa shape index (κ3) is 1.37. The lowest BCUT2D eigenvalue weighted by molar-refractivity contribution is -0.140. The smallest absolute Gasteiger partial charge is 0.331 e. The zero-order valence-corrected chi connectivity index (χ0v) is 6.98. The summed E-state index contributed by atoms with van der Waals surface area (Å²) >= 11 is 0. The molecule has 1 heterocycles. The van der Waals surface area contributed by atoms with Crippen molar-refractivity contribution in [2.45, 2.75) is 0 Å². The van der Waals surface area contributed by atoms with Gasteiger partial charge in [0.2, 0.25) is 0 Å². The topological polar surface area (TPSA) is 77.9 Å². The maximum absolute atomic E-state index is 11.2. The first-order chi connectivity index (χ1) is 5.95. The highest BCUT2D eigenvalue weighted by Crippen LogP contribution is 2.16. The van der Waals surface area contributed by atoms with Crippen LogP contribution in [0.4, 0.5) is 4.79 Å². The van der Waals surface area contributed by atoms with Crippen LogP contribution in [0.3, 0.4) is 0 Å². The van der Waals surface area contributed by atoms with E-state index < -0.39 is 24.5 Å².